The highest BCUT2D eigenvalue weighted by Gasteiger charge is 2.56. The minimum atomic E-state index is -0.652. The van der Waals surface area contributed by atoms with Gasteiger partial charge in [-0.05, 0) is 49.4 Å². The van der Waals surface area contributed by atoms with Crippen LogP contribution in [-0.2, 0) is 22.7 Å². The van der Waals surface area contributed by atoms with Gasteiger partial charge in [-0.3, -0.25) is 19.1 Å². The number of nitrogens with zero attached hydrogens (tertiary/aromatic N) is 5. The molecule has 1 N–H and O–H groups in total. The van der Waals surface area contributed by atoms with E-state index in [-0.39, 0.29) is 58.9 Å². The summed E-state index contributed by atoms with van der Waals surface area (Å²) in [5.74, 6) is -0.457. The van der Waals surface area contributed by atoms with Crippen LogP contribution in [0.5, 0.6) is 0 Å². The van der Waals surface area contributed by atoms with E-state index < -0.39 is 11.9 Å². The molecule has 1 saturated heterocycles. The second-order valence-corrected chi connectivity index (χ2v) is 10.8. The molecule has 1 aliphatic carbocycles. The molecular weight excluding hydrogens is 535 g/mol. The summed E-state index contributed by atoms with van der Waals surface area (Å²) < 4.78 is 15.8. The summed E-state index contributed by atoms with van der Waals surface area (Å²) in [7, 11) is 0. The van der Waals surface area contributed by atoms with Crippen LogP contribution in [0, 0.1) is 18.7 Å². The number of aryl methyl sites for hydroxylation is 1. The lowest BCUT2D eigenvalue weighted by molar-refractivity contribution is -0.140. The van der Waals surface area contributed by atoms with E-state index in [1.54, 1.807) is 36.4 Å². The van der Waals surface area contributed by atoms with Crippen molar-refractivity contribution in [3.8, 4) is 11.1 Å². The van der Waals surface area contributed by atoms with E-state index in [0.717, 1.165) is 17.5 Å². The van der Waals surface area contributed by atoms with Crippen molar-refractivity contribution >= 4 is 40.1 Å². The molecule has 40 heavy (non-hydrogen) atoms. The molecule has 204 valence electrons. The largest absolute Gasteiger partial charge is 0.350 e. The minimum Gasteiger partial charge on any atom is -0.350 e. The number of Topliss-reactive ketones (excluding diaryl/α,β-unsaturated/α-hetero) is 1. The molecule has 4 aromatic rings. The first-order chi connectivity index (χ1) is 19.2. The number of aromatic nitrogens is 4. The van der Waals surface area contributed by atoms with Gasteiger partial charge in [-0.25, -0.2) is 14.4 Å². The quantitative estimate of drug-likeness (QED) is 0.341. The molecule has 3 atom stereocenters. The number of likely N-dealkylation sites (tertiary alicyclic amines) is 1. The van der Waals surface area contributed by atoms with Crippen molar-refractivity contribution in [1.82, 2.24) is 30.0 Å². The highest BCUT2D eigenvalue weighted by molar-refractivity contribution is 6.30. The van der Waals surface area contributed by atoms with Gasteiger partial charge in [0.25, 0.3) is 0 Å². The molecule has 0 bridgehead atoms. The first kappa shape index (κ1) is 26.1. The Kier molecular flexibility index (Phi) is 6.58. The molecule has 0 spiro atoms. The Bertz CT molecular complexity index is 1670. The Balaban J connectivity index is 1.23. The Hall–Kier alpha value is -4.18. The number of carbonyl (C=O) groups is 3. The third kappa shape index (κ3) is 4.72. The molecule has 0 radical (unpaired) electrons. The minimum absolute atomic E-state index is 0.00611. The van der Waals surface area contributed by atoms with E-state index in [1.165, 1.54) is 17.7 Å². The van der Waals surface area contributed by atoms with Crippen molar-refractivity contribution in [3.63, 3.8) is 0 Å². The van der Waals surface area contributed by atoms with Crippen LogP contribution < -0.4 is 5.32 Å². The summed E-state index contributed by atoms with van der Waals surface area (Å²) in [6.45, 7) is 3.10. The molecule has 2 amide bonds. The Morgan fingerprint density at radius 3 is 2.62 bits per heavy atom. The zero-order chi connectivity index (χ0) is 28.1. The first-order valence-electron chi connectivity index (χ1n) is 13.0. The average Bonchev–Trinajstić information content (AvgIpc) is 3.44. The molecule has 1 aliphatic heterocycles. The van der Waals surface area contributed by atoms with Crippen LogP contribution in [0.3, 0.4) is 0 Å². The van der Waals surface area contributed by atoms with Crippen molar-refractivity contribution in [2.75, 3.05) is 0 Å². The first-order valence-corrected chi connectivity index (χ1v) is 13.4. The number of piperidine rings is 1. The van der Waals surface area contributed by atoms with Crippen LogP contribution in [0.1, 0.15) is 41.6 Å². The van der Waals surface area contributed by atoms with Crippen LogP contribution >= 0.6 is 11.6 Å². The number of hydrogen-bond donors (Lipinski definition) is 1. The molecule has 1 saturated carbocycles. The summed E-state index contributed by atoms with van der Waals surface area (Å²) in [5.41, 5.74) is 2.81. The van der Waals surface area contributed by atoms with Crippen molar-refractivity contribution in [2.45, 2.75) is 51.9 Å². The summed E-state index contributed by atoms with van der Waals surface area (Å²) in [6, 6.07) is 9.52. The third-order valence-electron chi connectivity index (χ3n) is 7.66. The zero-order valence-corrected chi connectivity index (χ0v) is 22.7. The van der Waals surface area contributed by atoms with Gasteiger partial charge in [-0.1, -0.05) is 29.8 Å². The van der Waals surface area contributed by atoms with Gasteiger partial charge in [0.1, 0.15) is 29.9 Å². The van der Waals surface area contributed by atoms with E-state index in [2.05, 4.69) is 20.4 Å². The summed E-state index contributed by atoms with van der Waals surface area (Å²) >= 11 is 5.86. The Morgan fingerprint density at radius 2 is 1.88 bits per heavy atom. The van der Waals surface area contributed by atoms with Gasteiger partial charge in [0, 0.05) is 48.4 Å². The number of halogens is 2. The van der Waals surface area contributed by atoms with Crippen molar-refractivity contribution in [3.05, 3.63) is 76.7 Å². The fraction of sp³-hybridized carbons (Fsp3) is 0.310. The maximum Gasteiger partial charge on any atom is 0.245 e. The molecule has 11 heteroatoms. The molecule has 3 heterocycles. The highest BCUT2D eigenvalue weighted by Crippen LogP contribution is 2.48. The van der Waals surface area contributed by atoms with Crippen LogP contribution in [0.4, 0.5) is 4.39 Å². The molecule has 9 nitrogen and oxygen atoms in total. The van der Waals surface area contributed by atoms with Gasteiger partial charge >= 0.3 is 0 Å². The second-order valence-electron chi connectivity index (χ2n) is 10.4. The fourth-order valence-electron chi connectivity index (χ4n) is 5.53. The molecule has 2 aliphatic rings. The predicted molar refractivity (Wildman–Crippen MR) is 146 cm³/mol. The Morgan fingerprint density at radius 1 is 1.10 bits per heavy atom. The lowest BCUT2D eigenvalue weighted by atomic mass is 10.0. The van der Waals surface area contributed by atoms with Crippen LogP contribution in [-0.4, -0.2) is 54.3 Å². The summed E-state index contributed by atoms with van der Waals surface area (Å²) in [4.78, 5) is 49.3. The number of benzene rings is 2. The fourth-order valence-corrected chi connectivity index (χ4v) is 5.72. The van der Waals surface area contributed by atoms with Gasteiger partial charge in [0.15, 0.2) is 5.78 Å². The van der Waals surface area contributed by atoms with E-state index in [1.807, 2.05) is 18.2 Å². The van der Waals surface area contributed by atoms with E-state index in [9.17, 15) is 18.8 Å². The van der Waals surface area contributed by atoms with E-state index in [4.69, 9.17) is 11.6 Å². The number of carbonyl (C=O) groups excluding carboxylic acids is 3. The van der Waals surface area contributed by atoms with Crippen LogP contribution in [0.2, 0.25) is 5.02 Å². The maximum atomic E-state index is 14.3. The predicted octanol–water partition coefficient (Wildman–Crippen LogP) is 4.10. The summed E-state index contributed by atoms with van der Waals surface area (Å²) in [5, 5.41) is 7.86. The van der Waals surface area contributed by atoms with Gasteiger partial charge in [-0.2, -0.15) is 5.10 Å². The van der Waals surface area contributed by atoms with Gasteiger partial charge in [0.2, 0.25) is 11.8 Å². The molecule has 2 fully saturated rings. The maximum absolute atomic E-state index is 14.3. The third-order valence-corrected chi connectivity index (χ3v) is 7.95. The zero-order valence-electron chi connectivity index (χ0n) is 21.9. The van der Waals surface area contributed by atoms with Crippen molar-refractivity contribution in [1.29, 1.82) is 0 Å². The SMILES string of the molecule is CC(=O)c1nn(CC(=O)N2[C@@H]3C[C@@H]3C[C@H]2C(=O)NCc2cccc(Cl)c2F)c2ccc(-c3cnc(C)nc3)cc12. The normalized spacial score (nSPS) is 19.5. The molecular formula is C29H26ClFN6O3. The van der Waals surface area contributed by atoms with Crippen LogP contribution in [0.25, 0.3) is 22.0 Å². The number of nitrogens with one attached hydrogen (secondary N) is 1. The second kappa shape index (κ2) is 10.1. The summed E-state index contributed by atoms with van der Waals surface area (Å²) in [6.07, 6.45) is 4.84. The van der Waals surface area contributed by atoms with Gasteiger partial charge in [0.05, 0.1) is 10.5 Å². The average molecular weight is 561 g/mol. The van der Waals surface area contributed by atoms with Gasteiger partial charge in [-0.15, -0.1) is 0 Å². The number of hydrogen-bond acceptors (Lipinski definition) is 6. The highest BCUT2D eigenvalue weighted by atomic mass is 35.5. The standard InChI is InChI=1S/C29H26ClFN6O3/c1-15(38)28-21-8-17(20-12-32-16(2)33-13-20)6-7-23(21)36(35-28)14-26(39)37-24-9-19(24)10-25(37)29(40)34-11-18-4-3-5-22(30)27(18)31/h3-8,12-13,19,24-25H,9-11,14H2,1-2H3,(H,34,40)/t19-,24-,25+/m1/s1. The smallest absolute Gasteiger partial charge is 0.245 e. The number of ketones is 1. The van der Waals surface area contributed by atoms with Crippen molar-refractivity contribution < 1.29 is 18.8 Å². The number of amides is 2. The monoisotopic (exact) mass is 560 g/mol. The lowest BCUT2D eigenvalue weighted by Gasteiger charge is -2.27. The number of rotatable bonds is 7. The van der Waals surface area contributed by atoms with Crippen LogP contribution in [0.15, 0.2) is 48.8 Å². The molecule has 6 rings (SSSR count). The topological polar surface area (TPSA) is 110 Å². The van der Waals surface area contributed by atoms with E-state index in [0.29, 0.717) is 23.1 Å². The van der Waals surface area contributed by atoms with Gasteiger partial charge < -0.3 is 10.2 Å². The Labute approximate surface area is 234 Å². The van der Waals surface area contributed by atoms with Crippen molar-refractivity contribution in [2.24, 2.45) is 5.92 Å². The molecule has 2 aromatic carbocycles. The number of fused-ring (bicyclic) bond motifs is 2. The van der Waals surface area contributed by atoms with E-state index >= 15 is 0 Å². The molecule has 2 aromatic heterocycles. The lowest BCUT2D eigenvalue weighted by Crippen LogP contribution is -2.48. The molecule has 0 unspecified atom stereocenters.